The second-order valence-electron chi connectivity index (χ2n) is 11.2. The van der Waals surface area contributed by atoms with Gasteiger partial charge in [-0.05, 0) is 82.1 Å². The van der Waals surface area contributed by atoms with E-state index in [9.17, 15) is 19.8 Å². The fraction of sp³-hybridized carbons (Fsp3) is 0.594. The van der Waals surface area contributed by atoms with Crippen molar-refractivity contribution in [3.63, 3.8) is 0 Å². The number of allylic oxidation sites excluding steroid dienone is 1. The largest absolute Gasteiger partial charge is 0.457 e. The number of Topliss-reactive ketones (excluding diaryl/α,β-unsaturated/α-hetero) is 1. The van der Waals surface area contributed by atoms with E-state index in [0.717, 1.165) is 37.0 Å². The van der Waals surface area contributed by atoms with Gasteiger partial charge in [0.1, 0.15) is 11.9 Å². The number of aromatic nitrogens is 1. The molecule has 5 atom stereocenters. The molecule has 1 aromatic heterocycles. The Morgan fingerprint density at radius 3 is 2.66 bits per heavy atom. The van der Waals surface area contributed by atoms with Crippen LogP contribution in [0.1, 0.15) is 90.7 Å². The lowest BCUT2D eigenvalue weighted by molar-refractivity contribution is -0.162. The molecule has 1 saturated carbocycles. The van der Waals surface area contributed by atoms with E-state index >= 15 is 0 Å². The van der Waals surface area contributed by atoms with Crippen molar-refractivity contribution in [2.24, 2.45) is 17.3 Å². The first-order valence-electron chi connectivity index (χ1n) is 14.0. The maximum Gasteiger partial charge on any atom is 0.309 e. The Hall–Kier alpha value is -2.75. The van der Waals surface area contributed by atoms with Gasteiger partial charge in [-0.1, -0.05) is 31.1 Å². The maximum absolute atomic E-state index is 13.9. The van der Waals surface area contributed by atoms with Gasteiger partial charge in [-0.25, -0.2) is 0 Å². The van der Waals surface area contributed by atoms with E-state index in [4.69, 9.17) is 11.2 Å². The van der Waals surface area contributed by atoms with E-state index in [2.05, 4.69) is 23.9 Å². The number of carbonyl (C=O) groups is 2. The van der Waals surface area contributed by atoms with Gasteiger partial charge in [0.25, 0.3) is 0 Å². The molecule has 6 heteroatoms. The first-order valence-corrected chi connectivity index (χ1v) is 14.0. The Labute approximate surface area is 227 Å². The van der Waals surface area contributed by atoms with E-state index in [1.54, 1.807) is 6.20 Å². The number of pyridine rings is 1. The normalized spacial score (nSPS) is 31.0. The Morgan fingerprint density at radius 2 is 2.03 bits per heavy atom. The van der Waals surface area contributed by atoms with Gasteiger partial charge in [-0.3, -0.25) is 14.6 Å². The lowest BCUT2D eigenvalue weighted by Crippen LogP contribution is -2.53. The molecule has 2 aliphatic rings. The van der Waals surface area contributed by atoms with Crippen molar-refractivity contribution >= 4 is 17.8 Å². The zero-order valence-corrected chi connectivity index (χ0v) is 23.1. The predicted octanol–water partition coefficient (Wildman–Crippen LogP) is 5.43. The molecular formula is C32H43NO5. The highest BCUT2D eigenvalue weighted by molar-refractivity contribution is 5.89. The fourth-order valence-corrected chi connectivity index (χ4v) is 5.72. The number of esters is 1. The topological polar surface area (TPSA) is 96.7 Å². The second-order valence-corrected chi connectivity index (χ2v) is 11.2. The van der Waals surface area contributed by atoms with Crippen LogP contribution in [0.15, 0.2) is 41.6 Å². The summed E-state index contributed by atoms with van der Waals surface area (Å²) >= 11 is 0. The summed E-state index contributed by atoms with van der Waals surface area (Å²) in [5, 5.41) is 22.5. The number of ether oxygens (including phenoxy) is 1. The fourth-order valence-electron chi connectivity index (χ4n) is 5.72. The number of aliphatic hydroxyl groups excluding tert-OH is 2. The van der Waals surface area contributed by atoms with E-state index in [-0.39, 0.29) is 18.1 Å². The van der Waals surface area contributed by atoms with Crippen molar-refractivity contribution in [3.05, 3.63) is 47.3 Å². The summed E-state index contributed by atoms with van der Waals surface area (Å²) in [6.07, 6.45) is 14.0. The first kappa shape index (κ1) is 29.8. The minimum atomic E-state index is -1.17. The molecule has 1 unspecified atom stereocenters. The highest BCUT2D eigenvalue weighted by Gasteiger charge is 2.53. The van der Waals surface area contributed by atoms with Crippen LogP contribution in [0, 0.1) is 29.6 Å². The Kier molecular flexibility index (Phi) is 10.9. The predicted molar refractivity (Wildman–Crippen MR) is 149 cm³/mol. The molecule has 6 nitrogen and oxygen atoms in total. The molecule has 1 fully saturated rings. The van der Waals surface area contributed by atoms with E-state index < -0.39 is 35.6 Å². The van der Waals surface area contributed by atoms with Crippen LogP contribution in [0.5, 0.6) is 0 Å². The zero-order valence-electron chi connectivity index (χ0n) is 23.1. The minimum Gasteiger partial charge on any atom is -0.457 e. The number of terminal acetylenes is 1. The van der Waals surface area contributed by atoms with Gasteiger partial charge < -0.3 is 14.9 Å². The van der Waals surface area contributed by atoms with Crippen LogP contribution in [0.25, 0.3) is 6.08 Å². The summed E-state index contributed by atoms with van der Waals surface area (Å²) in [5.41, 5.74) is 1.77. The van der Waals surface area contributed by atoms with Crippen LogP contribution in [0.3, 0.4) is 0 Å². The summed E-state index contributed by atoms with van der Waals surface area (Å²) < 4.78 is 5.90. The smallest absolute Gasteiger partial charge is 0.309 e. The molecule has 0 radical (unpaired) electrons. The summed E-state index contributed by atoms with van der Waals surface area (Å²) in [6, 6.07) is 5.65. The number of carbonyl (C=O) groups excluding carboxylic acids is 2. The van der Waals surface area contributed by atoms with Gasteiger partial charge in [-0.15, -0.1) is 12.3 Å². The number of ketones is 1. The van der Waals surface area contributed by atoms with Crippen LogP contribution in [-0.2, 0) is 14.3 Å². The van der Waals surface area contributed by atoms with Crippen LogP contribution in [-0.4, -0.2) is 45.3 Å². The molecule has 1 aliphatic carbocycles. The standard InChI is InChI=1S/C32H43NO5/c1-5-6-14-26-30(36)23(3)12-9-11-22(2)15-16-27(24(4)20-25-13-7-8-19-33-25)38-29(35)21-28(34)32(31(26)37)17-10-18-32/h1,7-8,13,15,19-20,23,26-28,30,34,36H,6,9-12,14,16-18,21H2,2-4H3/b22-15-,24-20+/t23-,26+,27?,28-,30-/m0/s1. The summed E-state index contributed by atoms with van der Waals surface area (Å²) in [7, 11) is 0. The molecule has 0 saturated heterocycles. The van der Waals surface area contributed by atoms with Gasteiger partial charge in [0.2, 0.25) is 0 Å². The maximum atomic E-state index is 13.9. The van der Waals surface area contributed by atoms with E-state index in [1.807, 2.05) is 38.1 Å². The van der Waals surface area contributed by atoms with Crippen molar-refractivity contribution in [2.45, 2.75) is 103 Å². The lowest BCUT2D eigenvalue weighted by atomic mass is 9.58. The third kappa shape index (κ3) is 7.42. The van der Waals surface area contributed by atoms with Crippen molar-refractivity contribution in [1.82, 2.24) is 4.98 Å². The molecule has 0 aromatic carbocycles. The third-order valence-corrected chi connectivity index (χ3v) is 8.42. The molecule has 1 aromatic rings. The highest BCUT2D eigenvalue weighted by Crippen LogP contribution is 2.49. The summed E-state index contributed by atoms with van der Waals surface area (Å²) in [6.45, 7) is 5.96. The van der Waals surface area contributed by atoms with Crippen molar-refractivity contribution < 1.29 is 24.5 Å². The number of aliphatic hydroxyl groups is 2. The van der Waals surface area contributed by atoms with Gasteiger partial charge in [0.05, 0.1) is 29.7 Å². The lowest BCUT2D eigenvalue weighted by Gasteiger charge is -2.46. The average molecular weight is 522 g/mol. The van der Waals surface area contributed by atoms with Gasteiger partial charge >= 0.3 is 5.97 Å². The van der Waals surface area contributed by atoms with Crippen molar-refractivity contribution in [3.8, 4) is 12.3 Å². The van der Waals surface area contributed by atoms with E-state index in [0.29, 0.717) is 32.1 Å². The number of cyclic esters (lactones) is 1. The molecule has 0 bridgehead atoms. The molecule has 38 heavy (non-hydrogen) atoms. The summed E-state index contributed by atoms with van der Waals surface area (Å²) in [5.74, 6) is 1.15. The monoisotopic (exact) mass is 521 g/mol. The first-order chi connectivity index (χ1) is 18.2. The van der Waals surface area contributed by atoms with Crippen molar-refractivity contribution in [2.75, 3.05) is 0 Å². The minimum absolute atomic E-state index is 0.0852. The average Bonchev–Trinajstić information content (AvgIpc) is 2.85. The molecule has 3 rings (SSSR count). The molecule has 1 spiro atoms. The molecule has 2 heterocycles. The Morgan fingerprint density at radius 1 is 1.26 bits per heavy atom. The SMILES string of the molecule is C#CCC[C@H]1C(=O)C2(CCC2)[C@@H](O)CC(=O)OC(/C(C)=C/c2ccccn2)C/C=C(/C)CCC[C@H](C)[C@@H]1O. The Balaban J connectivity index is 1.91. The third-order valence-electron chi connectivity index (χ3n) is 8.42. The number of hydrogen-bond donors (Lipinski definition) is 2. The van der Waals surface area contributed by atoms with Gasteiger partial charge in [0, 0.05) is 25.0 Å². The number of hydrogen-bond acceptors (Lipinski definition) is 6. The van der Waals surface area contributed by atoms with Crippen molar-refractivity contribution in [1.29, 1.82) is 0 Å². The number of nitrogens with zero attached hydrogens (tertiary/aromatic N) is 1. The van der Waals surface area contributed by atoms with Gasteiger partial charge in [0.15, 0.2) is 0 Å². The molecule has 1 aliphatic heterocycles. The highest BCUT2D eigenvalue weighted by atomic mass is 16.5. The van der Waals surface area contributed by atoms with Crippen LogP contribution >= 0.6 is 0 Å². The zero-order chi connectivity index (χ0) is 27.7. The molecule has 0 amide bonds. The molecule has 206 valence electrons. The molecular weight excluding hydrogens is 478 g/mol. The summed E-state index contributed by atoms with van der Waals surface area (Å²) in [4.78, 5) is 31.3. The molecule has 2 N–H and O–H groups in total. The van der Waals surface area contributed by atoms with Gasteiger partial charge in [-0.2, -0.15) is 0 Å². The van der Waals surface area contributed by atoms with Crippen LogP contribution in [0.4, 0.5) is 0 Å². The van der Waals surface area contributed by atoms with E-state index in [1.165, 1.54) is 5.57 Å². The second kappa shape index (κ2) is 13.9. The van der Waals surface area contributed by atoms with Crippen LogP contribution < -0.4 is 0 Å². The van der Waals surface area contributed by atoms with Crippen LogP contribution in [0.2, 0.25) is 0 Å². The number of rotatable bonds is 4. The Bertz CT molecular complexity index is 1050. The quantitative estimate of drug-likeness (QED) is 0.311.